The van der Waals surface area contributed by atoms with Gasteiger partial charge in [-0.2, -0.15) is 5.10 Å². The standard InChI is InChI=1S/C20H29N5/c1-2-16-4-3-5-19(12-16)24-10-7-18(8-11-24)21-13-17-14-22-20-6-9-23-25(20)15-17/h3-6,9,12,17-18,21-22H,2,7-8,10-11,13-15H2,1H3. The number of hydrogen-bond donors (Lipinski definition) is 2. The van der Waals surface area contributed by atoms with Crippen LogP contribution in [-0.4, -0.2) is 42.0 Å². The summed E-state index contributed by atoms with van der Waals surface area (Å²) in [6.45, 7) is 7.66. The van der Waals surface area contributed by atoms with E-state index in [2.05, 4.69) is 56.5 Å². The van der Waals surface area contributed by atoms with E-state index in [1.807, 2.05) is 12.3 Å². The van der Waals surface area contributed by atoms with Gasteiger partial charge in [0.15, 0.2) is 0 Å². The fourth-order valence-corrected chi connectivity index (χ4v) is 3.97. The third-order valence-electron chi connectivity index (χ3n) is 5.59. The number of benzene rings is 1. The summed E-state index contributed by atoms with van der Waals surface area (Å²) in [7, 11) is 0. The first-order chi connectivity index (χ1) is 12.3. The Balaban J connectivity index is 1.24. The molecule has 1 saturated heterocycles. The second kappa shape index (κ2) is 7.48. The van der Waals surface area contributed by atoms with Crippen LogP contribution >= 0.6 is 0 Å². The number of aryl methyl sites for hydroxylation is 1. The maximum absolute atomic E-state index is 4.38. The summed E-state index contributed by atoms with van der Waals surface area (Å²) in [5.41, 5.74) is 2.82. The van der Waals surface area contributed by atoms with Crippen molar-refractivity contribution in [3.8, 4) is 0 Å². The molecule has 1 fully saturated rings. The van der Waals surface area contributed by atoms with Crippen LogP contribution < -0.4 is 15.5 Å². The van der Waals surface area contributed by atoms with E-state index < -0.39 is 0 Å². The smallest absolute Gasteiger partial charge is 0.124 e. The van der Waals surface area contributed by atoms with Gasteiger partial charge in [0.2, 0.25) is 0 Å². The first-order valence-electron chi connectivity index (χ1n) is 9.65. The average molecular weight is 339 g/mol. The molecule has 1 unspecified atom stereocenters. The summed E-state index contributed by atoms with van der Waals surface area (Å²) in [5, 5.41) is 11.7. The molecule has 3 heterocycles. The number of hydrogen-bond acceptors (Lipinski definition) is 4. The van der Waals surface area contributed by atoms with E-state index in [0.29, 0.717) is 12.0 Å². The SMILES string of the molecule is CCc1cccc(N2CCC(NCC3CNc4ccnn4C3)CC2)c1. The lowest BCUT2D eigenvalue weighted by molar-refractivity contribution is 0.342. The normalized spacial score (nSPS) is 21.0. The van der Waals surface area contributed by atoms with Crippen LogP contribution in [0.15, 0.2) is 36.5 Å². The highest BCUT2D eigenvalue weighted by Gasteiger charge is 2.22. The molecule has 0 saturated carbocycles. The summed E-state index contributed by atoms with van der Waals surface area (Å²) in [4.78, 5) is 2.54. The monoisotopic (exact) mass is 339 g/mol. The molecule has 0 bridgehead atoms. The molecule has 5 heteroatoms. The molecule has 1 atom stereocenters. The predicted molar refractivity (Wildman–Crippen MR) is 103 cm³/mol. The van der Waals surface area contributed by atoms with Crippen molar-refractivity contribution in [2.45, 2.75) is 38.8 Å². The van der Waals surface area contributed by atoms with E-state index in [0.717, 1.165) is 45.0 Å². The summed E-state index contributed by atoms with van der Waals surface area (Å²) in [5.74, 6) is 1.77. The van der Waals surface area contributed by atoms with E-state index in [9.17, 15) is 0 Å². The quantitative estimate of drug-likeness (QED) is 0.879. The van der Waals surface area contributed by atoms with Crippen LogP contribution in [0.25, 0.3) is 0 Å². The minimum absolute atomic E-state index is 0.617. The molecular weight excluding hydrogens is 310 g/mol. The molecule has 0 amide bonds. The van der Waals surface area contributed by atoms with Crippen LogP contribution in [0.2, 0.25) is 0 Å². The van der Waals surface area contributed by atoms with Crippen molar-refractivity contribution in [1.29, 1.82) is 0 Å². The zero-order valence-electron chi connectivity index (χ0n) is 15.1. The number of aromatic nitrogens is 2. The van der Waals surface area contributed by atoms with Crippen LogP contribution in [0.1, 0.15) is 25.3 Å². The van der Waals surface area contributed by atoms with E-state index in [4.69, 9.17) is 0 Å². The predicted octanol–water partition coefficient (Wildman–Crippen LogP) is 2.75. The molecule has 1 aromatic carbocycles. The number of anilines is 2. The van der Waals surface area contributed by atoms with Gasteiger partial charge in [-0.15, -0.1) is 0 Å². The van der Waals surface area contributed by atoms with Crippen molar-refractivity contribution in [2.24, 2.45) is 5.92 Å². The molecule has 0 spiro atoms. The van der Waals surface area contributed by atoms with Gasteiger partial charge in [-0.25, -0.2) is 4.68 Å². The van der Waals surface area contributed by atoms with Gasteiger partial charge in [0.05, 0.1) is 6.20 Å². The highest BCUT2D eigenvalue weighted by Crippen LogP contribution is 2.22. The number of rotatable bonds is 5. The molecule has 134 valence electrons. The molecule has 5 nitrogen and oxygen atoms in total. The van der Waals surface area contributed by atoms with Crippen LogP contribution in [-0.2, 0) is 13.0 Å². The molecule has 2 aromatic rings. The van der Waals surface area contributed by atoms with Gasteiger partial charge in [-0.3, -0.25) is 0 Å². The largest absolute Gasteiger partial charge is 0.371 e. The summed E-state index contributed by atoms with van der Waals surface area (Å²) < 4.78 is 2.08. The lowest BCUT2D eigenvalue weighted by Gasteiger charge is -2.35. The third kappa shape index (κ3) is 3.82. The van der Waals surface area contributed by atoms with Crippen molar-refractivity contribution >= 4 is 11.5 Å². The third-order valence-corrected chi connectivity index (χ3v) is 5.59. The highest BCUT2D eigenvalue weighted by molar-refractivity contribution is 5.49. The molecule has 0 aliphatic carbocycles. The average Bonchev–Trinajstić information content (AvgIpc) is 3.14. The maximum Gasteiger partial charge on any atom is 0.124 e. The molecule has 2 aliphatic heterocycles. The number of fused-ring (bicyclic) bond motifs is 1. The van der Waals surface area contributed by atoms with E-state index >= 15 is 0 Å². The maximum atomic E-state index is 4.38. The Hall–Kier alpha value is -2.01. The first kappa shape index (κ1) is 16.5. The van der Waals surface area contributed by atoms with Gasteiger partial charge in [0.25, 0.3) is 0 Å². The summed E-state index contributed by atoms with van der Waals surface area (Å²) in [6, 6.07) is 11.7. The van der Waals surface area contributed by atoms with Crippen molar-refractivity contribution in [3.63, 3.8) is 0 Å². The highest BCUT2D eigenvalue weighted by atomic mass is 15.3. The Morgan fingerprint density at radius 1 is 1.24 bits per heavy atom. The van der Waals surface area contributed by atoms with Gasteiger partial charge in [0.1, 0.15) is 5.82 Å². The van der Waals surface area contributed by atoms with Gasteiger partial charge in [0, 0.05) is 56.4 Å². The molecule has 4 rings (SSSR count). The Bertz CT molecular complexity index is 687. The van der Waals surface area contributed by atoms with Crippen molar-refractivity contribution < 1.29 is 0 Å². The lowest BCUT2D eigenvalue weighted by atomic mass is 10.0. The molecule has 2 aliphatic rings. The fraction of sp³-hybridized carbons (Fsp3) is 0.550. The number of nitrogens with one attached hydrogen (secondary N) is 2. The van der Waals surface area contributed by atoms with Gasteiger partial charge in [-0.1, -0.05) is 19.1 Å². The Kier molecular flexibility index (Phi) is 4.92. The number of piperidine rings is 1. The molecular formula is C20H29N5. The molecule has 25 heavy (non-hydrogen) atoms. The van der Waals surface area contributed by atoms with Crippen LogP contribution in [0.3, 0.4) is 0 Å². The van der Waals surface area contributed by atoms with E-state index in [-0.39, 0.29) is 0 Å². The van der Waals surface area contributed by atoms with Crippen molar-refractivity contribution in [2.75, 3.05) is 36.4 Å². The Labute approximate surface area is 150 Å². The zero-order valence-corrected chi connectivity index (χ0v) is 15.1. The van der Waals surface area contributed by atoms with E-state index in [1.165, 1.54) is 24.1 Å². The van der Waals surface area contributed by atoms with Gasteiger partial charge < -0.3 is 15.5 Å². The number of nitrogens with zero attached hydrogens (tertiary/aromatic N) is 3. The van der Waals surface area contributed by atoms with Crippen molar-refractivity contribution in [3.05, 3.63) is 42.1 Å². The van der Waals surface area contributed by atoms with Gasteiger partial charge >= 0.3 is 0 Å². The Morgan fingerprint density at radius 3 is 2.96 bits per heavy atom. The molecule has 1 aromatic heterocycles. The first-order valence-corrected chi connectivity index (χ1v) is 9.65. The topological polar surface area (TPSA) is 45.1 Å². The second-order valence-electron chi connectivity index (χ2n) is 7.34. The van der Waals surface area contributed by atoms with Gasteiger partial charge in [-0.05, 0) is 37.0 Å². The summed E-state index contributed by atoms with van der Waals surface area (Å²) in [6.07, 6.45) is 5.44. The van der Waals surface area contributed by atoms with Crippen LogP contribution in [0, 0.1) is 5.92 Å². The molecule has 0 radical (unpaired) electrons. The minimum atomic E-state index is 0.617. The second-order valence-corrected chi connectivity index (χ2v) is 7.34. The lowest BCUT2D eigenvalue weighted by Crippen LogP contribution is -2.45. The summed E-state index contributed by atoms with van der Waals surface area (Å²) >= 11 is 0. The van der Waals surface area contributed by atoms with Crippen LogP contribution in [0.4, 0.5) is 11.5 Å². The Morgan fingerprint density at radius 2 is 2.12 bits per heavy atom. The molecule has 2 N–H and O–H groups in total. The van der Waals surface area contributed by atoms with Crippen LogP contribution in [0.5, 0.6) is 0 Å². The zero-order chi connectivity index (χ0) is 17.1. The van der Waals surface area contributed by atoms with Crippen molar-refractivity contribution in [1.82, 2.24) is 15.1 Å². The fourth-order valence-electron chi connectivity index (χ4n) is 3.97. The minimum Gasteiger partial charge on any atom is -0.371 e. The van der Waals surface area contributed by atoms with E-state index in [1.54, 1.807) is 0 Å².